The molecule has 0 N–H and O–H groups in total. The van der Waals surface area contributed by atoms with Crippen molar-refractivity contribution in [2.24, 2.45) is 0 Å². The van der Waals surface area contributed by atoms with Crippen molar-refractivity contribution in [3.8, 4) is 17.1 Å². The summed E-state index contributed by atoms with van der Waals surface area (Å²) in [5, 5.41) is 8.15. The fourth-order valence-corrected chi connectivity index (χ4v) is 2.90. The van der Waals surface area contributed by atoms with Crippen molar-refractivity contribution in [2.45, 2.75) is 13.5 Å². The maximum Gasteiger partial charge on any atom is 0.257 e. The highest BCUT2D eigenvalue weighted by molar-refractivity contribution is 5.94. The molecule has 140 valence electrons. The van der Waals surface area contributed by atoms with E-state index in [1.54, 1.807) is 41.9 Å². The van der Waals surface area contributed by atoms with Crippen molar-refractivity contribution >= 4 is 5.91 Å². The molecule has 7 nitrogen and oxygen atoms in total. The van der Waals surface area contributed by atoms with Gasteiger partial charge in [-0.15, -0.1) is 0 Å². The van der Waals surface area contributed by atoms with Crippen molar-refractivity contribution < 1.29 is 9.32 Å². The Morgan fingerprint density at radius 1 is 1.11 bits per heavy atom. The highest BCUT2D eigenvalue weighted by atomic mass is 16.5. The van der Waals surface area contributed by atoms with Gasteiger partial charge in [0.1, 0.15) is 0 Å². The maximum absolute atomic E-state index is 12.7. The number of hydrogen-bond donors (Lipinski definition) is 0. The Morgan fingerprint density at radius 2 is 1.86 bits per heavy atom. The standard InChI is InChI=1S/C21H19N5O2/c1-15-23-20(28-24-15)17-8-10-18(11-9-17)21(27)25(2)13-16-12-22-26(14-16)19-6-4-3-5-7-19/h3-12,14H,13H2,1-2H3. The fourth-order valence-electron chi connectivity index (χ4n) is 2.90. The molecule has 0 saturated heterocycles. The molecule has 0 fully saturated rings. The van der Waals surface area contributed by atoms with E-state index in [1.807, 2.05) is 48.7 Å². The number of aryl methyl sites for hydroxylation is 1. The molecule has 0 spiro atoms. The molecule has 1 amide bonds. The van der Waals surface area contributed by atoms with Crippen molar-refractivity contribution in [1.29, 1.82) is 0 Å². The smallest absolute Gasteiger partial charge is 0.257 e. The van der Waals surface area contributed by atoms with Crippen LogP contribution in [0, 0.1) is 6.92 Å². The second-order valence-corrected chi connectivity index (χ2v) is 6.51. The number of hydrogen-bond acceptors (Lipinski definition) is 5. The van der Waals surface area contributed by atoms with Crippen LogP contribution in [0.4, 0.5) is 0 Å². The van der Waals surface area contributed by atoms with Gasteiger partial charge in [0.2, 0.25) is 0 Å². The number of rotatable bonds is 5. The lowest BCUT2D eigenvalue weighted by Crippen LogP contribution is -2.25. The first-order chi connectivity index (χ1) is 13.6. The lowest BCUT2D eigenvalue weighted by Gasteiger charge is -2.16. The molecule has 0 unspecified atom stereocenters. The minimum atomic E-state index is -0.0688. The van der Waals surface area contributed by atoms with E-state index in [-0.39, 0.29) is 5.91 Å². The summed E-state index contributed by atoms with van der Waals surface area (Å²) in [5.41, 5.74) is 3.31. The van der Waals surface area contributed by atoms with Gasteiger partial charge < -0.3 is 9.42 Å². The Kier molecular flexibility index (Phi) is 4.72. The van der Waals surface area contributed by atoms with E-state index in [2.05, 4.69) is 15.2 Å². The average Bonchev–Trinajstić information content (AvgIpc) is 3.37. The van der Waals surface area contributed by atoms with Gasteiger partial charge in [0, 0.05) is 36.5 Å². The van der Waals surface area contributed by atoms with Gasteiger partial charge in [-0.1, -0.05) is 23.4 Å². The van der Waals surface area contributed by atoms with Gasteiger partial charge in [-0.3, -0.25) is 4.79 Å². The molecule has 0 atom stereocenters. The van der Waals surface area contributed by atoms with E-state index < -0.39 is 0 Å². The number of para-hydroxylation sites is 1. The minimum Gasteiger partial charge on any atom is -0.337 e. The van der Waals surface area contributed by atoms with E-state index >= 15 is 0 Å². The number of benzene rings is 2. The Labute approximate surface area is 162 Å². The molecule has 2 aromatic carbocycles. The number of aromatic nitrogens is 4. The summed E-state index contributed by atoms with van der Waals surface area (Å²) in [6.45, 7) is 2.23. The van der Waals surface area contributed by atoms with E-state index in [9.17, 15) is 4.79 Å². The fraction of sp³-hybridized carbons (Fsp3) is 0.143. The van der Waals surface area contributed by atoms with Crippen molar-refractivity contribution in [2.75, 3.05) is 7.05 Å². The Bertz CT molecular complexity index is 1080. The summed E-state index contributed by atoms with van der Waals surface area (Å²) >= 11 is 0. The Hall–Kier alpha value is -3.74. The number of nitrogens with zero attached hydrogens (tertiary/aromatic N) is 5. The third kappa shape index (κ3) is 3.68. The summed E-state index contributed by atoms with van der Waals surface area (Å²) in [7, 11) is 1.78. The molecule has 0 aliphatic carbocycles. The summed E-state index contributed by atoms with van der Waals surface area (Å²) in [4.78, 5) is 18.6. The van der Waals surface area contributed by atoms with Gasteiger partial charge in [0.25, 0.3) is 11.8 Å². The number of carbonyl (C=O) groups excluding carboxylic acids is 1. The van der Waals surface area contributed by atoms with Crippen LogP contribution in [0.5, 0.6) is 0 Å². The molecule has 4 rings (SSSR count). The molecule has 7 heteroatoms. The molecule has 28 heavy (non-hydrogen) atoms. The van der Waals surface area contributed by atoms with E-state index in [0.29, 0.717) is 23.8 Å². The molecular weight excluding hydrogens is 354 g/mol. The first-order valence-corrected chi connectivity index (χ1v) is 8.85. The molecule has 0 saturated carbocycles. The van der Waals surface area contributed by atoms with Crippen LogP contribution in [0.2, 0.25) is 0 Å². The average molecular weight is 373 g/mol. The predicted molar refractivity (Wildman–Crippen MR) is 104 cm³/mol. The molecule has 0 radical (unpaired) electrons. The second-order valence-electron chi connectivity index (χ2n) is 6.51. The van der Waals surface area contributed by atoms with Crippen molar-refractivity contribution in [1.82, 2.24) is 24.8 Å². The quantitative estimate of drug-likeness (QED) is 0.535. The van der Waals surface area contributed by atoms with Crippen molar-refractivity contribution in [3.05, 3.63) is 83.9 Å². The molecule has 0 aliphatic rings. The minimum absolute atomic E-state index is 0.0688. The van der Waals surface area contributed by atoms with E-state index in [4.69, 9.17) is 4.52 Å². The summed E-state index contributed by atoms with van der Waals surface area (Å²) in [6, 6.07) is 17.0. The lowest BCUT2D eigenvalue weighted by molar-refractivity contribution is 0.0785. The van der Waals surface area contributed by atoms with Gasteiger partial charge in [0.05, 0.1) is 11.9 Å². The van der Waals surface area contributed by atoms with Gasteiger partial charge in [0.15, 0.2) is 5.82 Å². The van der Waals surface area contributed by atoms with Crippen LogP contribution in [0.1, 0.15) is 21.7 Å². The molecule has 2 aromatic heterocycles. The van der Waals surface area contributed by atoms with Crippen LogP contribution in [0.15, 0.2) is 71.5 Å². The predicted octanol–water partition coefficient (Wildman–Crippen LogP) is 3.50. The van der Waals surface area contributed by atoms with Crippen LogP contribution in [0.3, 0.4) is 0 Å². The molecule has 2 heterocycles. The normalized spacial score (nSPS) is 10.8. The summed E-state index contributed by atoms with van der Waals surface area (Å²) < 4.78 is 6.95. The van der Waals surface area contributed by atoms with E-state index in [1.165, 1.54) is 0 Å². The van der Waals surface area contributed by atoms with Crippen LogP contribution in [-0.2, 0) is 6.54 Å². The van der Waals surface area contributed by atoms with Crippen LogP contribution < -0.4 is 0 Å². The van der Waals surface area contributed by atoms with Gasteiger partial charge >= 0.3 is 0 Å². The molecule has 4 aromatic rings. The van der Waals surface area contributed by atoms with Crippen molar-refractivity contribution in [3.63, 3.8) is 0 Å². The SMILES string of the molecule is Cc1noc(-c2ccc(C(=O)N(C)Cc3cnn(-c4ccccc4)c3)cc2)n1. The Balaban J connectivity index is 1.44. The topological polar surface area (TPSA) is 77.0 Å². The number of carbonyl (C=O) groups is 1. The number of amides is 1. The lowest BCUT2D eigenvalue weighted by atomic mass is 10.1. The van der Waals surface area contributed by atoms with Gasteiger partial charge in [-0.25, -0.2) is 4.68 Å². The van der Waals surface area contributed by atoms with Crippen LogP contribution in [-0.4, -0.2) is 37.8 Å². The second kappa shape index (κ2) is 7.48. The third-order valence-corrected chi connectivity index (χ3v) is 4.33. The monoisotopic (exact) mass is 373 g/mol. The first kappa shape index (κ1) is 17.7. The Morgan fingerprint density at radius 3 is 2.54 bits per heavy atom. The highest BCUT2D eigenvalue weighted by Gasteiger charge is 2.14. The zero-order valence-corrected chi connectivity index (χ0v) is 15.6. The zero-order chi connectivity index (χ0) is 19.5. The summed E-state index contributed by atoms with van der Waals surface area (Å²) in [6.07, 6.45) is 3.71. The molecule has 0 aliphatic heterocycles. The van der Waals surface area contributed by atoms with Gasteiger partial charge in [-0.2, -0.15) is 10.1 Å². The van der Waals surface area contributed by atoms with Crippen LogP contribution >= 0.6 is 0 Å². The first-order valence-electron chi connectivity index (χ1n) is 8.85. The van der Waals surface area contributed by atoms with E-state index in [0.717, 1.165) is 16.8 Å². The highest BCUT2D eigenvalue weighted by Crippen LogP contribution is 2.18. The molecule has 0 bridgehead atoms. The molecular formula is C21H19N5O2. The third-order valence-electron chi connectivity index (χ3n) is 4.33. The maximum atomic E-state index is 12.7. The van der Waals surface area contributed by atoms with Crippen LogP contribution in [0.25, 0.3) is 17.1 Å². The summed E-state index contributed by atoms with van der Waals surface area (Å²) in [5.74, 6) is 0.949. The van der Waals surface area contributed by atoms with Gasteiger partial charge in [-0.05, 0) is 43.3 Å². The largest absolute Gasteiger partial charge is 0.337 e. The zero-order valence-electron chi connectivity index (χ0n) is 15.6.